The standard InChI is InChI=1S/C14H21N3/c1-14(2,11-15)8-9-17(3)10-12-4-6-13(16)7-5-12/h4-7H,8-10,16H2,1-3H3. The number of hydrogen-bond acceptors (Lipinski definition) is 3. The molecule has 0 bridgehead atoms. The van der Waals surface area contributed by atoms with Gasteiger partial charge in [0.15, 0.2) is 0 Å². The SMILES string of the molecule is CN(CCC(C)(C)C#N)Cc1ccc(N)cc1. The normalized spacial score (nSPS) is 11.5. The van der Waals surface area contributed by atoms with Crippen LogP contribution in [0.2, 0.25) is 0 Å². The van der Waals surface area contributed by atoms with E-state index in [-0.39, 0.29) is 5.41 Å². The summed E-state index contributed by atoms with van der Waals surface area (Å²) in [6.07, 6.45) is 0.884. The minimum atomic E-state index is -0.241. The second kappa shape index (κ2) is 5.70. The molecule has 0 aromatic heterocycles. The second-order valence-corrected chi connectivity index (χ2v) is 5.23. The van der Waals surface area contributed by atoms with Crippen LogP contribution in [-0.4, -0.2) is 18.5 Å². The summed E-state index contributed by atoms with van der Waals surface area (Å²) in [4.78, 5) is 2.23. The van der Waals surface area contributed by atoms with Gasteiger partial charge in [0.2, 0.25) is 0 Å². The van der Waals surface area contributed by atoms with Crippen molar-refractivity contribution in [1.82, 2.24) is 4.90 Å². The molecule has 0 atom stereocenters. The minimum Gasteiger partial charge on any atom is -0.399 e. The molecular formula is C14H21N3. The number of nitrogens with zero attached hydrogens (tertiary/aromatic N) is 2. The van der Waals surface area contributed by atoms with Crippen molar-refractivity contribution >= 4 is 5.69 Å². The van der Waals surface area contributed by atoms with Crippen molar-refractivity contribution in [3.8, 4) is 6.07 Å². The number of nitriles is 1. The molecule has 17 heavy (non-hydrogen) atoms. The first-order valence-corrected chi connectivity index (χ1v) is 5.87. The number of rotatable bonds is 5. The minimum absolute atomic E-state index is 0.241. The molecule has 3 heteroatoms. The molecule has 2 N–H and O–H groups in total. The fourth-order valence-electron chi connectivity index (χ4n) is 1.54. The van der Waals surface area contributed by atoms with Gasteiger partial charge in [0.05, 0.1) is 11.5 Å². The molecular weight excluding hydrogens is 210 g/mol. The lowest BCUT2D eigenvalue weighted by atomic mass is 9.91. The summed E-state index contributed by atoms with van der Waals surface area (Å²) >= 11 is 0. The van der Waals surface area contributed by atoms with E-state index in [0.29, 0.717) is 0 Å². The third-order valence-electron chi connectivity index (χ3n) is 2.85. The van der Waals surface area contributed by atoms with Crippen LogP contribution in [-0.2, 0) is 6.54 Å². The fraction of sp³-hybridized carbons (Fsp3) is 0.500. The molecule has 1 aromatic carbocycles. The van der Waals surface area contributed by atoms with Gasteiger partial charge in [0.1, 0.15) is 0 Å². The van der Waals surface area contributed by atoms with Gasteiger partial charge >= 0.3 is 0 Å². The third-order valence-corrected chi connectivity index (χ3v) is 2.85. The number of nitrogens with two attached hydrogens (primary N) is 1. The molecule has 0 aliphatic heterocycles. The van der Waals surface area contributed by atoms with Gasteiger partial charge in [-0.15, -0.1) is 0 Å². The maximum Gasteiger partial charge on any atom is 0.0684 e. The molecule has 3 nitrogen and oxygen atoms in total. The maximum absolute atomic E-state index is 8.94. The zero-order valence-electron chi connectivity index (χ0n) is 10.9. The Bertz CT molecular complexity index is 387. The van der Waals surface area contributed by atoms with E-state index in [9.17, 15) is 0 Å². The molecule has 0 aliphatic carbocycles. The summed E-state index contributed by atoms with van der Waals surface area (Å²) in [5, 5.41) is 8.94. The van der Waals surface area contributed by atoms with Crippen molar-refractivity contribution in [2.45, 2.75) is 26.8 Å². The molecule has 0 heterocycles. The molecule has 0 saturated carbocycles. The Kier molecular flexibility index (Phi) is 4.53. The molecule has 0 unspecified atom stereocenters. The summed E-state index contributed by atoms with van der Waals surface area (Å²) in [5.41, 5.74) is 7.44. The largest absolute Gasteiger partial charge is 0.399 e. The summed E-state index contributed by atoms with van der Waals surface area (Å²) in [6, 6.07) is 10.2. The van der Waals surface area contributed by atoms with Crippen LogP contribution in [0.3, 0.4) is 0 Å². The molecule has 1 aromatic rings. The van der Waals surface area contributed by atoms with Crippen molar-refractivity contribution in [3.05, 3.63) is 29.8 Å². The predicted molar refractivity (Wildman–Crippen MR) is 71.2 cm³/mol. The lowest BCUT2D eigenvalue weighted by Gasteiger charge is -2.21. The topological polar surface area (TPSA) is 53.0 Å². The number of anilines is 1. The highest BCUT2D eigenvalue weighted by atomic mass is 15.1. The lowest BCUT2D eigenvalue weighted by Crippen LogP contribution is -2.23. The number of nitrogen functional groups attached to an aromatic ring is 1. The number of hydrogen-bond donors (Lipinski definition) is 1. The lowest BCUT2D eigenvalue weighted by molar-refractivity contribution is 0.280. The van der Waals surface area contributed by atoms with Crippen LogP contribution in [0.15, 0.2) is 24.3 Å². The average Bonchev–Trinajstić information content (AvgIpc) is 2.30. The maximum atomic E-state index is 8.94. The van der Waals surface area contributed by atoms with Crippen molar-refractivity contribution in [2.75, 3.05) is 19.3 Å². The summed E-state index contributed by atoms with van der Waals surface area (Å²) in [5.74, 6) is 0. The average molecular weight is 231 g/mol. The van der Waals surface area contributed by atoms with Crippen molar-refractivity contribution in [3.63, 3.8) is 0 Å². The molecule has 0 spiro atoms. The van der Waals surface area contributed by atoms with E-state index in [1.54, 1.807) is 0 Å². The molecule has 0 radical (unpaired) electrons. The monoisotopic (exact) mass is 231 g/mol. The van der Waals surface area contributed by atoms with Crippen LogP contribution in [0.1, 0.15) is 25.8 Å². The smallest absolute Gasteiger partial charge is 0.0684 e. The second-order valence-electron chi connectivity index (χ2n) is 5.23. The van der Waals surface area contributed by atoms with Crippen molar-refractivity contribution in [2.24, 2.45) is 5.41 Å². The van der Waals surface area contributed by atoms with Gasteiger partial charge < -0.3 is 10.6 Å². The van der Waals surface area contributed by atoms with Gasteiger partial charge in [0.25, 0.3) is 0 Å². The Hall–Kier alpha value is -1.53. The van der Waals surface area contributed by atoms with E-state index in [0.717, 1.165) is 25.2 Å². The zero-order valence-corrected chi connectivity index (χ0v) is 10.9. The van der Waals surface area contributed by atoms with Crippen molar-refractivity contribution in [1.29, 1.82) is 5.26 Å². The van der Waals surface area contributed by atoms with Crippen LogP contribution in [0.5, 0.6) is 0 Å². The third kappa shape index (κ3) is 4.88. The van der Waals surface area contributed by atoms with E-state index in [4.69, 9.17) is 11.0 Å². The summed E-state index contributed by atoms with van der Waals surface area (Å²) in [7, 11) is 2.07. The van der Waals surface area contributed by atoms with Crippen LogP contribution in [0.25, 0.3) is 0 Å². The van der Waals surface area contributed by atoms with Gasteiger partial charge in [-0.2, -0.15) is 5.26 Å². The molecule has 0 saturated heterocycles. The Labute approximate surface area is 104 Å². The molecule has 1 rings (SSSR count). The Morgan fingerprint density at radius 1 is 1.29 bits per heavy atom. The first kappa shape index (κ1) is 13.5. The van der Waals surface area contributed by atoms with Gasteiger partial charge in [-0.1, -0.05) is 12.1 Å². The first-order valence-electron chi connectivity index (χ1n) is 5.87. The predicted octanol–water partition coefficient (Wildman–Crippen LogP) is 2.64. The van der Waals surface area contributed by atoms with Gasteiger partial charge in [-0.05, 0) is 51.6 Å². The Morgan fingerprint density at radius 2 is 1.88 bits per heavy atom. The fourth-order valence-corrected chi connectivity index (χ4v) is 1.54. The quantitative estimate of drug-likeness (QED) is 0.793. The number of benzene rings is 1. The Balaban J connectivity index is 2.43. The van der Waals surface area contributed by atoms with Crippen LogP contribution >= 0.6 is 0 Å². The Morgan fingerprint density at radius 3 is 2.41 bits per heavy atom. The summed E-state index contributed by atoms with van der Waals surface area (Å²) in [6.45, 7) is 5.76. The van der Waals surface area contributed by atoms with E-state index < -0.39 is 0 Å². The van der Waals surface area contributed by atoms with Gasteiger partial charge in [-0.25, -0.2) is 0 Å². The molecule has 0 fully saturated rings. The highest BCUT2D eigenvalue weighted by molar-refractivity contribution is 5.39. The highest BCUT2D eigenvalue weighted by Gasteiger charge is 2.16. The van der Waals surface area contributed by atoms with E-state index in [2.05, 4.69) is 18.0 Å². The van der Waals surface area contributed by atoms with E-state index >= 15 is 0 Å². The van der Waals surface area contributed by atoms with E-state index in [1.807, 2.05) is 38.1 Å². The molecule has 0 aliphatic rings. The van der Waals surface area contributed by atoms with Crippen LogP contribution < -0.4 is 5.73 Å². The van der Waals surface area contributed by atoms with Crippen LogP contribution in [0.4, 0.5) is 5.69 Å². The van der Waals surface area contributed by atoms with Crippen LogP contribution in [0, 0.1) is 16.7 Å². The zero-order chi connectivity index (χ0) is 12.9. The highest BCUT2D eigenvalue weighted by Crippen LogP contribution is 2.19. The van der Waals surface area contributed by atoms with Gasteiger partial charge in [0, 0.05) is 12.2 Å². The summed E-state index contributed by atoms with van der Waals surface area (Å²) < 4.78 is 0. The van der Waals surface area contributed by atoms with E-state index in [1.165, 1.54) is 5.56 Å². The molecule has 0 amide bonds. The van der Waals surface area contributed by atoms with Crippen molar-refractivity contribution < 1.29 is 0 Å². The molecule has 92 valence electrons. The van der Waals surface area contributed by atoms with Gasteiger partial charge in [-0.3, -0.25) is 0 Å². The first-order chi connectivity index (χ1) is 7.93.